The predicted molar refractivity (Wildman–Crippen MR) is 118 cm³/mol. The van der Waals surface area contributed by atoms with Crippen LogP contribution in [0.3, 0.4) is 0 Å². The monoisotopic (exact) mass is 417 g/mol. The van der Waals surface area contributed by atoms with Crippen LogP contribution in [0.4, 0.5) is 0 Å². The first-order valence-electron chi connectivity index (χ1n) is 9.83. The molecule has 0 unspecified atom stereocenters. The van der Waals surface area contributed by atoms with Gasteiger partial charge in [-0.25, -0.2) is 0 Å². The fourth-order valence-corrected chi connectivity index (χ4v) is 4.10. The zero-order chi connectivity index (χ0) is 20.9. The summed E-state index contributed by atoms with van der Waals surface area (Å²) >= 11 is 1.28. The van der Waals surface area contributed by atoms with Crippen molar-refractivity contribution < 1.29 is 9.21 Å². The largest absolute Gasteiger partial charge is 0.416 e. The third-order valence-electron chi connectivity index (χ3n) is 5.03. The van der Waals surface area contributed by atoms with Gasteiger partial charge in [-0.3, -0.25) is 4.79 Å². The summed E-state index contributed by atoms with van der Waals surface area (Å²) in [6, 6.07) is 22.2. The highest BCUT2D eigenvalue weighted by molar-refractivity contribution is 7.99. The fraction of sp³-hybridized carbons (Fsp3) is 0.208. The number of benzene rings is 2. The van der Waals surface area contributed by atoms with Crippen LogP contribution in [0.15, 0.2) is 76.4 Å². The topological polar surface area (TPSA) is 60.9 Å². The van der Waals surface area contributed by atoms with E-state index in [0.29, 0.717) is 17.5 Å². The van der Waals surface area contributed by atoms with Crippen LogP contribution in [0.25, 0.3) is 0 Å². The summed E-state index contributed by atoms with van der Waals surface area (Å²) < 4.78 is 7.87. The molecule has 0 N–H and O–H groups in total. The normalized spacial score (nSPS) is 11.0. The number of aryl methyl sites for hydroxylation is 1. The maximum atomic E-state index is 12.8. The molecule has 0 saturated carbocycles. The van der Waals surface area contributed by atoms with Gasteiger partial charge in [0.15, 0.2) is 5.78 Å². The first-order chi connectivity index (χ1) is 14.6. The molecule has 2 aromatic heterocycles. The van der Waals surface area contributed by atoms with E-state index >= 15 is 0 Å². The number of carbonyl (C=O) groups is 1. The lowest BCUT2D eigenvalue weighted by Gasteiger charge is -2.09. The molecule has 0 spiro atoms. The average molecular weight is 418 g/mol. The summed E-state index contributed by atoms with van der Waals surface area (Å²) in [7, 11) is 0. The van der Waals surface area contributed by atoms with E-state index in [-0.39, 0.29) is 11.5 Å². The first kappa shape index (κ1) is 20.2. The van der Waals surface area contributed by atoms with Crippen LogP contribution < -0.4 is 0 Å². The molecule has 4 rings (SSSR count). The Balaban J connectivity index is 1.39. The van der Waals surface area contributed by atoms with E-state index in [0.717, 1.165) is 29.1 Å². The van der Waals surface area contributed by atoms with E-state index in [2.05, 4.69) is 26.9 Å². The lowest BCUT2D eigenvalue weighted by atomic mass is 10.2. The summed E-state index contributed by atoms with van der Waals surface area (Å²) in [6.07, 6.45) is 0.586. The Morgan fingerprint density at radius 2 is 1.63 bits per heavy atom. The molecule has 6 heteroatoms. The van der Waals surface area contributed by atoms with E-state index in [4.69, 9.17) is 4.42 Å². The summed E-state index contributed by atoms with van der Waals surface area (Å²) in [6.45, 7) is 4.79. The van der Waals surface area contributed by atoms with Crippen molar-refractivity contribution in [3.8, 4) is 0 Å². The van der Waals surface area contributed by atoms with Crippen molar-refractivity contribution in [2.24, 2.45) is 0 Å². The highest BCUT2D eigenvalue weighted by Crippen LogP contribution is 2.22. The van der Waals surface area contributed by atoms with Gasteiger partial charge in [0, 0.05) is 23.5 Å². The molecular weight excluding hydrogens is 394 g/mol. The van der Waals surface area contributed by atoms with Gasteiger partial charge in [-0.15, -0.1) is 10.2 Å². The van der Waals surface area contributed by atoms with Crippen molar-refractivity contribution in [3.63, 3.8) is 0 Å². The number of Topliss-reactive ketones (excluding diaryl/α,β-unsaturated/α-hetero) is 1. The number of nitrogens with zero attached hydrogens (tertiary/aromatic N) is 3. The molecule has 0 bridgehead atoms. The lowest BCUT2D eigenvalue weighted by Crippen LogP contribution is -2.07. The number of rotatable bonds is 8. The Labute approximate surface area is 180 Å². The third kappa shape index (κ3) is 4.71. The minimum Gasteiger partial charge on any atom is -0.416 e. The van der Waals surface area contributed by atoms with Crippen molar-refractivity contribution in [1.29, 1.82) is 0 Å². The molecule has 30 heavy (non-hydrogen) atoms. The standard InChI is InChI=1S/C24H23N3O2S/c1-17-13-21(18(2)27(17)15-20-11-7-4-8-12-20)22(28)16-30-24-26-25-23(29-24)14-19-9-5-3-6-10-19/h3-13H,14-16H2,1-2H3. The van der Waals surface area contributed by atoms with Crippen LogP contribution in [0, 0.1) is 13.8 Å². The number of ketones is 1. The predicted octanol–water partition coefficient (Wildman–Crippen LogP) is 5.10. The molecular formula is C24H23N3O2S. The van der Waals surface area contributed by atoms with Gasteiger partial charge in [0.1, 0.15) is 0 Å². The van der Waals surface area contributed by atoms with E-state index < -0.39 is 0 Å². The maximum Gasteiger partial charge on any atom is 0.277 e. The van der Waals surface area contributed by atoms with E-state index in [1.165, 1.54) is 17.3 Å². The second-order valence-corrected chi connectivity index (χ2v) is 8.12. The fourth-order valence-electron chi connectivity index (χ4n) is 3.44. The summed E-state index contributed by atoms with van der Waals surface area (Å²) in [5.41, 5.74) is 5.13. The first-order valence-corrected chi connectivity index (χ1v) is 10.8. The Hall–Kier alpha value is -3.12. The molecule has 0 aliphatic heterocycles. The number of carbonyl (C=O) groups excluding carboxylic acids is 1. The van der Waals surface area contributed by atoms with Gasteiger partial charge >= 0.3 is 0 Å². The molecule has 0 amide bonds. The van der Waals surface area contributed by atoms with Gasteiger partial charge in [0.2, 0.25) is 5.89 Å². The van der Waals surface area contributed by atoms with Gasteiger partial charge < -0.3 is 8.98 Å². The summed E-state index contributed by atoms with van der Waals surface area (Å²) in [5.74, 6) is 0.884. The van der Waals surface area contributed by atoms with Crippen molar-refractivity contribution in [1.82, 2.24) is 14.8 Å². The van der Waals surface area contributed by atoms with Gasteiger partial charge in [-0.05, 0) is 31.0 Å². The molecule has 0 aliphatic rings. The minimum absolute atomic E-state index is 0.0650. The second kappa shape index (κ2) is 9.13. The van der Waals surface area contributed by atoms with Crippen molar-refractivity contribution in [2.75, 3.05) is 5.75 Å². The summed E-state index contributed by atoms with van der Waals surface area (Å²) in [4.78, 5) is 12.8. The van der Waals surface area contributed by atoms with Crippen LogP contribution >= 0.6 is 11.8 Å². The molecule has 0 saturated heterocycles. The van der Waals surface area contributed by atoms with E-state index in [1.807, 2.05) is 68.4 Å². The highest BCUT2D eigenvalue weighted by atomic mass is 32.2. The van der Waals surface area contributed by atoms with Crippen molar-refractivity contribution in [2.45, 2.75) is 32.0 Å². The minimum atomic E-state index is 0.0650. The number of hydrogen-bond acceptors (Lipinski definition) is 5. The van der Waals surface area contributed by atoms with Gasteiger partial charge in [0.25, 0.3) is 5.22 Å². The maximum absolute atomic E-state index is 12.8. The molecule has 0 aliphatic carbocycles. The van der Waals surface area contributed by atoms with Gasteiger partial charge in [-0.1, -0.05) is 72.4 Å². The zero-order valence-corrected chi connectivity index (χ0v) is 17.9. The Kier molecular flexibility index (Phi) is 6.14. The Bertz CT molecular complexity index is 1130. The zero-order valence-electron chi connectivity index (χ0n) is 17.0. The third-order valence-corrected chi connectivity index (χ3v) is 5.85. The van der Waals surface area contributed by atoms with Crippen LogP contribution in [0.2, 0.25) is 0 Å². The Morgan fingerprint density at radius 3 is 2.33 bits per heavy atom. The average Bonchev–Trinajstić information content (AvgIpc) is 3.33. The van der Waals surface area contributed by atoms with Crippen molar-refractivity contribution >= 4 is 17.5 Å². The number of hydrogen-bond donors (Lipinski definition) is 0. The van der Waals surface area contributed by atoms with Gasteiger partial charge in [-0.2, -0.15) is 0 Å². The smallest absolute Gasteiger partial charge is 0.277 e. The molecule has 2 aromatic carbocycles. The van der Waals surface area contributed by atoms with Crippen LogP contribution in [-0.2, 0) is 13.0 Å². The number of thioether (sulfide) groups is 1. The van der Waals surface area contributed by atoms with E-state index in [9.17, 15) is 4.79 Å². The van der Waals surface area contributed by atoms with Gasteiger partial charge in [0.05, 0.1) is 12.2 Å². The summed E-state index contributed by atoms with van der Waals surface area (Å²) in [5, 5.41) is 8.58. The molecule has 0 atom stereocenters. The van der Waals surface area contributed by atoms with Crippen LogP contribution in [0.5, 0.6) is 0 Å². The Morgan fingerprint density at radius 1 is 0.967 bits per heavy atom. The highest BCUT2D eigenvalue weighted by Gasteiger charge is 2.17. The molecule has 0 radical (unpaired) electrons. The quantitative estimate of drug-likeness (QED) is 0.295. The van der Waals surface area contributed by atoms with Crippen LogP contribution in [0.1, 0.15) is 38.8 Å². The molecule has 152 valence electrons. The SMILES string of the molecule is Cc1cc(C(=O)CSc2nnc(Cc3ccccc3)o2)c(C)n1Cc1ccccc1. The lowest BCUT2D eigenvalue weighted by molar-refractivity contribution is 0.102. The molecule has 5 nitrogen and oxygen atoms in total. The van der Waals surface area contributed by atoms with E-state index in [1.54, 1.807) is 0 Å². The molecule has 0 fully saturated rings. The van der Waals surface area contributed by atoms with Crippen LogP contribution in [-0.4, -0.2) is 26.3 Å². The number of aromatic nitrogens is 3. The van der Waals surface area contributed by atoms with Crippen molar-refractivity contribution in [3.05, 3.63) is 101 Å². The molecule has 2 heterocycles. The second-order valence-electron chi connectivity index (χ2n) is 7.19. The molecule has 4 aromatic rings.